The second-order valence-electron chi connectivity index (χ2n) is 5.17. The average Bonchev–Trinajstić information content (AvgIpc) is 2.69. The summed E-state index contributed by atoms with van der Waals surface area (Å²) in [6, 6.07) is 0.403. The van der Waals surface area contributed by atoms with Gasteiger partial charge >= 0.3 is 0 Å². The number of nitrogens with one attached hydrogen (secondary N) is 1. The molecule has 3 nitrogen and oxygen atoms in total. The molecule has 0 aromatic carbocycles. The van der Waals surface area contributed by atoms with Gasteiger partial charge in [-0.1, -0.05) is 13.8 Å². The Labute approximate surface area is 103 Å². The van der Waals surface area contributed by atoms with Crippen molar-refractivity contribution in [1.29, 1.82) is 0 Å². The van der Waals surface area contributed by atoms with Crippen LogP contribution in [0.2, 0.25) is 0 Å². The fourth-order valence-electron chi connectivity index (χ4n) is 2.02. The third-order valence-corrected chi connectivity index (χ3v) is 4.18. The Morgan fingerprint density at radius 3 is 2.81 bits per heavy atom. The molecule has 1 heterocycles. The van der Waals surface area contributed by atoms with Gasteiger partial charge in [0.05, 0.1) is 12.7 Å². The fraction of sp³-hybridized carbons (Fsp3) is 1.00. The van der Waals surface area contributed by atoms with Gasteiger partial charge in [-0.2, -0.15) is 11.8 Å². The Morgan fingerprint density at radius 2 is 2.31 bits per heavy atom. The number of ether oxygens (including phenoxy) is 1. The van der Waals surface area contributed by atoms with Crippen LogP contribution in [0.25, 0.3) is 0 Å². The van der Waals surface area contributed by atoms with Crippen LogP contribution in [0, 0.1) is 0 Å². The van der Waals surface area contributed by atoms with E-state index in [1.165, 1.54) is 12.8 Å². The predicted octanol–water partition coefficient (Wildman–Crippen LogP) is 1.65. The highest BCUT2D eigenvalue weighted by molar-refractivity contribution is 7.99. The molecule has 1 rings (SSSR count). The zero-order valence-corrected chi connectivity index (χ0v) is 11.5. The molecule has 0 saturated carbocycles. The number of aliphatic hydroxyl groups excluding tert-OH is 1. The van der Waals surface area contributed by atoms with Crippen molar-refractivity contribution in [2.24, 2.45) is 0 Å². The van der Waals surface area contributed by atoms with Crippen LogP contribution in [0.3, 0.4) is 0 Å². The summed E-state index contributed by atoms with van der Waals surface area (Å²) in [6.07, 6.45) is 2.83. The van der Waals surface area contributed by atoms with E-state index in [9.17, 15) is 5.11 Å². The number of rotatable bonds is 7. The molecule has 2 atom stereocenters. The standard InChI is InChI=1S/C12H25NO2S/c1-10(2)13-12(3,8-14)9-16-7-11-5-4-6-15-11/h10-11,13-14H,4-9H2,1-3H3. The summed E-state index contributed by atoms with van der Waals surface area (Å²) in [5.74, 6) is 1.98. The molecule has 0 aromatic rings. The molecule has 4 heteroatoms. The second-order valence-corrected chi connectivity index (χ2v) is 6.20. The summed E-state index contributed by atoms with van der Waals surface area (Å²) in [5.41, 5.74) is -0.169. The van der Waals surface area contributed by atoms with Gasteiger partial charge in [0, 0.05) is 29.7 Å². The van der Waals surface area contributed by atoms with Crippen LogP contribution in [-0.2, 0) is 4.74 Å². The third-order valence-electron chi connectivity index (χ3n) is 2.73. The van der Waals surface area contributed by atoms with E-state index < -0.39 is 0 Å². The van der Waals surface area contributed by atoms with Crippen LogP contribution in [0.15, 0.2) is 0 Å². The van der Waals surface area contributed by atoms with Crippen LogP contribution >= 0.6 is 11.8 Å². The van der Waals surface area contributed by atoms with Crippen molar-refractivity contribution in [2.45, 2.75) is 51.3 Å². The highest BCUT2D eigenvalue weighted by atomic mass is 32.2. The topological polar surface area (TPSA) is 41.5 Å². The van der Waals surface area contributed by atoms with E-state index in [4.69, 9.17) is 4.74 Å². The SMILES string of the molecule is CC(C)NC(C)(CO)CSCC1CCCO1. The van der Waals surface area contributed by atoms with E-state index in [-0.39, 0.29) is 12.1 Å². The van der Waals surface area contributed by atoms with Crippen molar-refractivity contribution in [2.75, 3.05) is 24.7 Å². The van der Waals surface area contributed by atoms with Crippen molar-refractivity contribution in [1.82, 2.24) is 5.32 Å². The minimum absolute atomic E-state index is 0.169. The first kappa shape index (κ1) is 14.3. The van der Waals surface area contributed by atoms with Crippen molar-refractivity contribution in [3.63, 3.8) is 0 Å². The molecule has 1 fully saturated rings. The molecule has 1 saturated heterocycles. The first-order valence-corrected chi connectivity index (χ1v) is 7.29. The molecular formula is C12H25NO2S. The summed E-state index contributed by atoms with van der Waals surface area (Å²) in [4.78, 5) is 0. The third kappa shape index (κ3) is 5.04. The fourth-order valence-corrected chi connectivity index (χ4v) is 3.29. The zero-order valence-electron chi connectivity index (χ0n) is 10.7. The maximum Gasteiger partial charge on any atom is 0.0666 e. The highest BCUT2D eigenvalue weighted by Gasteiger charge is 2.25. The Balaban J connectivity index is 2.21. The van der Waals surface area contributed by atoms with Crippen molar-refractivity contribution < 1.29 is 9.84 Å². The minimum Gasteiger partial charge on any atom is -0.394 e. The smallest absolute Gasteiger partial charge is 0.0666 e. The molecule has 1 aliphatic rings. The minimum atomic E-state index is -0.169. The van der Waals surface area contributed by atoms with Crippen LogP contribution in [0.1, 0.15) is 33.6 Å². The quantitative estimate of drug-likeness (QED) is 0.718. The van der Waals surface area contributed by atoms with Gasteiger partial charge < -0.3 is 15.2 Å². The number of hydrogen-bond donors (Lipinski definition) is 2. The molecule has 0 aliphatic carbocycles. The molecule has 16 heavy (non-hydrogen) atoms. The van der Waals surface area contributed by atoms with E-state index in [0.717, 1.165) is 18.1 Å². The van der Waals surface area contributed by atoms with Crippen LogP contribution in [0.5, 0.6) is 0 Å². The van der Waals surface area contributed by atoms with Crippen LogP contribution in [-0.4, -0.2) is 47.5 Å². The molecular weight excluding hydrogens is 222 g/mol. The molecule has 0 radical (unpaired) electrons. The normalized spacial score (nSPS) is 24.9. The number of thioether (sulfide) groups is 1. The van der Waals surface area contributed by atoms with E-state index in [1.807, 2.05) is 11.8 Å². The van der Waals surface area contributed by atoms with Crippen molar-refractivity contribution in [3.05, 3.63) is 0 Å². The molecule has 96 valence electrons. The van der Waals surface area contributed by atoms with E-state index in [1.54, 1.807) is 0 Å². The second kappa shape index (κ2) is 6.84. The lowest BCUT2D eigenvalue weighted by molar-refractivity contribution is 0.128. The van der Waals surface area contributed by atoms with Gasteiger partial charge in [0.15, 0.2) is 0 Å². The van der Waals surface area contributed by atoms with Gasteiger partial charge in [-0.05, 0) is 19.8 Å². The monoisotopic (exact) mass is 247 g/mol. The molecule has 2 N–H and O–H groups in total. The molecule has 0 bridgehead atoms. The highest BCUT2D eigenvalue weighted by Crippen LogP contribution is 2.20. The lowest BCUT2D eigenvalue weighted by atomic mass is 10.1. The maximum absolute atomic E-state index is 9.42. The van der Waals surface area contributed by atoms with Crippen molar-refractivity contribution >= 4 is 11.8 Å². The molecule has 2 unspecified atom stereocenters. The van der Waals surface area contributed by atoms with E-state index >= 15 is 0 Å². The van der Waals surface area contributed by atoms with Gasteiger partial charge in [0.25, 0.3) is 0 Å². The summed E-state index contributed by atoms with van der Waals surface area (Å²) >= 11 is 1.88. The summed E-state index contributed by atoms with van der Waals surface area (Å²) in [5, 5.41) is 12.8. The maximum atomic E-state index is 9.42. The molecule has 1 aliphatic heterocycles. The van der Waals surface area contributed by atoms with Crippen LogP contribution in [0.4, 0.5) is 0 Å². The Kier molecular flexibility index (Phi) is 6.11. The predicted molar refractivity (Wildman–Crippen MR) is 70.1 cm³/mol. The summed E-state index contributed by atoms with van der Waals surface area (Å²) in [7, 11) is 0. The molecule has 0 spiro atoms. The van der Waals surface area contributed by atoms with Crippen molar-refractivity contribution in [3.8, 4) is 0 Å². The van der Waals surface area contributed by atoms with Gasteiger partial charge in [0.1, 0.15) is 0 Å². The Bertz CT molecular complexity index is 195. The van der Waals surface area contributed by atoms with Crippen LogP contribution < -0.4 is 5.32 Å². The molecule has 0 aromatic heterocycles. The summed E-state index contributed by atoms with van der Waals surface area (Å²) < 4.78 is 5.58. The van der Waals surface area contributed by atoms with Gasteiger partial charge in [-0.15, -0.1) is 0 Å². The van der Waals surface area contributed by atoms with Gasteiger partial charge in [-0.25, -0.2) is 0 Å². The largest absolute Gasteiger partial charge is 0.394 e. The first-order valence-electron chi connectivity index (χ1n) is 6.13. The zero-order chi connectivity index (χ0) is 12.0. The number of aliphatic hydroxyl groups is 1. The Hall–Kier alpha value is 0.230. The van der Waals surface area contributed by atoms with E-state index in [0.29, 0.717) is 12.1 Å². The lowest BCUT2D eigenvalue weighted by Gasteiger charge is -2.31. The number of hydrogen-bond acceptors (Lipinski definition) is 4. The lowest BCUT2D eigenvalue weighted by Crippen LogP contribution is -2.51. The summed E-state index contributed by atoms with van der Waals surface area (Å²) in [6.45, 7) is 7.41. The van der Waals surface area contributed by atoms with Gasteiger partial charge in [0.2, 0.25) is 0 Å². The van der Waals surface area contributed by atoms with Gasteiger partial charge in [-0.3, -0.25) is 0 Å². The first-order chi connectivity index (χ1) is 7.56. The van der Waals surface area contributed by atoms with E-state index in [2.05, 4.69) is 26.1 Å². The average molecular weight is 247 g/mol. The Morgan fingerprint density at radius 1 is 1.56 bits per heavy atom. The molecule has 0 amide bonds.